The van der Waals surface area contributed by atoms with Crippen molar-refractivity contribution in [3.63, 3.8) is 0 Å². The second-order valence-electron chi connectivity index (χ2n) is 6.70. The van der Waals surface area contributed by atoms with Gasteiger partial charge in [-0.15, -0.1) is 24.8 Å². The number of nitrogens with zero attached hydrogens (tertiary/aromatic N) is 2. The monoisotopic (exact) mass is 408 g/mol. The van der Waals surface area contributed by atoms with Gasteiger partial charge in [0, 0.05) is 13.1 Å². The first-order chi connectivity index (χ1) is 11.3. The van der Waals surface area contributed by atoms with Crippen LogP contribution in [0.5, 0.6) is 5.75 Å². The lowest BCUT2D eigenvalue weighted by Gasteiger charge is -2.25. The van der Waals surface area contributed by atoms with Crippen LogP contribution < -0.4 is 4.74 Å². The lowest BCUT2D eigenvalue weighted by Crippen LogP contribution is -2.38. The van der Waals surface area contributed by atoms with Gasteiger partial charge in [-0.25, -0.2) is 4.79 Å². The molecule has 1 aromatic rings. The van der Waals surface area contributed by atoms with Gasteiger partial charge in [-0.1, -0.05) is 25.5 Å². The number of benzene rings is 1. The molecular formula is C19H34Cl2N2O3. The Balaban J connectivity index is 0. The molecule has 0 saturated carbocycles. The maximum atomic E-state index is 12.8. The zero-order valence-corrected chi connectivity index (χ0v) is 18.4. The summed E-state index contributed by atoms with van der Waals surface area (Å²) in [5.74, 6) is 0.301. The van der Waals surface area contributed by atoms with Crippen molar-refractivity contribution in [2.75, 3.05) is 47.9 Å². The average molecular weight is 409 g/mol. The van der Waals surface area contributed by atoms with Gasteiger partial charge in [0.15, 0.2) is 0 Å². The number of halogens is 2. The molecule has 1 aromatic carbocycles. The number of aryl methyl sites for hydroxylation is 1. The topological polar surface area (TPSA) is 42.0 Å². The number of hydrogen-bond acceptors (Lipinski definition) is 5. The first-order valence-corrected chi connectivity index (χ1v) is 8.58. The van der Waals surface area contributed by atoms with Crippen LogP contribution >= 0.6 is 24.8 Å². The van der Waals surface area contributed by atoms with Crippen LogP contribution in [0.25, 0.3) is 0 Å². The van der Waals surface area contributed by atoms with E-state index in [1.165, 1.54) is 0 Å². The summed E-state index contributed by atoms with van der Waals surface area (Å²) in [7, 11) is 7.90. The molecule has 0 aromatic heterocycles. The molecular weight excluding hydrogens is 375 g/mol. The normalized spacial score (nSPS) is 10.5. The molecule has 0 N–H and O–H groups in total. The summed E-state index contributed by atoms with van der Waals surface area (Å²) in [5, 5.41) is 0. The van der Waals surface area contributed by atoms with Crippen LogP contribution in [0.4, 0.5) is 0 Å². The van der Waals surface area contributed by atoms with Crippen molar-refractivity contribution in [3.8, 4) is 5.75 Å². The van der Waals surface area contributed by atoms with E-state index in [9.17, 15) is 4.79 Å². The molecule has 0 spiro atoms. The minimum Gasteiger partial charge on any atom is -0.493 e. The highest BCUT2D eigenvalue weighted by atomic mass is 35.5. The van der Waals surface area contributed by atoms with Gasteiger partial charge < -0.3 is 19.3 Å². The van der Waals surface area contributed by atoms with Gasteiger partial charge in [-0.3, -0.25) is 0 Å². The van der Waals surface area contributed by atoms with Crippen LogP contribution in [0.15, 0.2) is 18.2 Å². The van der Waals surface area contributed by atoms with E-state index < -0.39 is 0 Å². The maximum Gasteiger partial charge on any atom is 0.342 e. The Morgan fingerprint density at radius 3 is 2.15 bits per heavy atom. The zero-order chi connectivity index (χ0) is 18.1. The smallest absolute Gasteiger partial charge is 0.342 e. The van der Waals surface area contributed by atoms with Crippen molar-refractivity contribution in [1.82, 2.24) is 9.80 Å². The summed E-state index contributed by atoms with van der Waals surface area (Å²) < 4.78 is 11.6. The van der Waals surface area contributed by atoms with E-state index in [2.05, 4.69) is 6.92 Å². The molecule has 0 aliphatic rings. The molecule has 1 rings (SSSR count). The largest absolute Gasteiger partial charge is 0.493 e. The predicted octanol–water partition coefficient (Wildman–Crippen LogP) is 3.67. The minimum absolute atomic E-state index is 0. The third-order valence-electron chi connectivity index (χ3n) is 3.61. The first-order valence-electron chi connectivity index (χ1n) is 8.58. The Hall–Kier alpha value is -1.01. The molecule has 26 heavy (non-hydrogen) atoms. The van der Waals surface area contributed by atoms with E-state index in [-0.39, 0.29) is 36.9 Å². The summed E-state index contributed by atoms with van der Waals surface area (Å²) in [6.07, 6.45) is 1.83. The van der Waals surface area contributed by atoms with E-state index in [0.29, 0.717) is 31.0 Å². The highest BCUT2D eigenvalue weighted by molar-refractivity contribution is 5.94. The van der Waals surface area contributed by atoms with Gasteiger partial charge in [0.2, 0.25) is 0 Å². The molecule has 152 valence electrons. The van der Waals surface area contributed by atoms with E-state index in [1.807, 2.05) is 63.1 Å². The number of ether oxygens (including phenoxy) is 2. The Bertz CT molecular complexity index is 516. The van der Waals surface area contributed by atoms with Gasteiger partial charge in [-0.2, -0.15) is 0 Å². The SMILES string of the molecule is CCCCOc1cccc(C)c1C(=O)OC(CN(C)C)CN(C)C.Cl.Cl. The molecule has 0 fully saturated rings. The summed E-state index contributed by atoms with van der Waals surface area (Å²) in [5.41, 5.74) is 1.42. The standard InChI is InChI=1S/C19H32N2O3.2ClH/c1-7-8-12-23-17-11-9-10-15(2)18(17)19(22)24-16(13-20(3)4)14-21(5)6;;/h9-11,16H,7-8,12-14H2,1-6H3;2*1H. The molecule has 0 bridgehead atoms. The number of hydrogen-bond donors (Lipinski definition) is 0. The van der Waals surface area contributed by atoms with Crippen LogP contribution in [0, 0.1) is 6.92 Å². The number of unbranched alkanes of at least 4 members (excludes halogenated alkanes) is 1. The molecule has 0 heterocycles. The van der Waals surface area contributed by atoms with Crippen molar-refractivity contribution >= 4 is 30.8 Å². The van der Waals surface area contributed by atoms with Gasteiger partial charge in [0.25, 0.3) is 0 Å². The molecule has 0 atom stereocenters. The van der Waals surface area contributed by atoms with Crippen LogP contribution in [0.2, 0.25) is 0 Å². The van der Waals surface area contributed by atoms with Gasteiger partial charge >= 0.3 is 5.97 Å². The van der Waals surface area contributed by atoms with Gasteiger partial charge in [0.1, 0.15) is 17.4 Å². The van der Waals surface area contributed by atoms with E-state index in [1.54, 1.807) is 0 Å². The number of carbonyl (C=O) groups is 1. The summed E-state index contributed by atoms with van der Waals surface area (Å²) in [6, 6.07) is 5.66. The van der Waals surface area contributed by atoms with Gasteiger partial charge in [-0.05, 0) is 53.2 Å². The summed E-state index contributed by atoms with van der Waals surface area (Å²) in [6.45, 7) is 6.00. The summed E-state index contributed by atoms with van der Waals surface area (Å²) in [4.78, 5) is 16.8. The Morgan fingerprint density at radius 1 is 1.08 bits per heavy atom. The molecule has 0 aliphatic heterocycles. The molecule has 0 aliphatic carbocycles. The number of carbonyl (C=O) groups excluding carboxylic acids is 1. The van der Waals surface area contributed by atoms with Crippen LogP contribution in [-0.4, -0.2) is 69.8 Å². The van der Waals surface area contributed by atoms with Crippen molar-refractivity contribution in [2.45, 2.75) is 32.8 Å². The predicted molar refractivity (Wildman–Crippen MR) is 112 cm³/mol. The highest BCUT2D eigenvalue weighted by Crippen LogP contribution is 2.24. The van der Waals surface area contributed by atoms with Crippen LogP contribution in [0.1, 0.15) is 35.7 Å². The van der Waals surface area contributed by atoms with Crippen molar-refractivity contribution < 1.29 is 14.3 Å². The van der Waals surface area contributed by atoms with Crippen molar-refractivity contribution in [1.29, 1.82) is 0 Å². The lowest BCUT2D eigenvalue weighted by atomic mass is 10.1. The molecule has 7 heteroatoms. The third-order valence-corrected chi connectivity index (χ3v) is 3.61. The van der Waals surface area contributed by atoms with Crippen LogP contribution in [-0.2, 0) is 4.74 Å². The van der Waals surface area contributed by atoms with Crippen molar-refractivity contribution in [2.24, 2.45) is 0 Å². The second kappa shape index (κ2) is 14.1. The third kappa shape index (κ3) is 9.62. The van der Waals surface area contributed by atoms with E-state index >= 15 is 0 Å². The summed E-state index contributed by atoms with van der Waals surface area (Å²) >= 11 is 0. The Morgan fingerprint density at radius 2 is 1.65 bits per heavy atom. The van der Waals surface area contributed by atoms with Crippen LogP contribution in [0.3, 0.4) is 0 Å². The van der Waals surface area contributed by atoms with E-state index in [4.69, 9.17) is 9.47 Å². The minimum atomic E-state index is -0.312. The maximum absolute atomic E-state index is 12.8. The molecule has 0 saturated heterocycles. The molecule has 0 unspecified atom stereocenters. The van der Waals surface area contributed by atoms with Crippen molar-refractivity contribution in [3.05, 3.63) is 29.3 Å². The lowest BCUT2D eigenvalue weighted by molar-refractivity contribution is 0.0172. The first kappa shape index (κ1) is 27.2. The second-order valence-corrected chi connectivity index (χ2v) is 6.70. The molecule has 0 amide bonds. The van der Waals surface area contributed by atoms with E-state index in [0.717, 1.165) is 18.4 Å². The fraction of sp³-hybridized carbons (Fsp3) is 0.632. The average Bonchev–Trinajstić information content (AvgIpc) is 2.45. The quantitative estimate of drug-likeness (QED) is 0.436. The molecule has 5 nitrogen and oxygen atoms in total. The number of esters is 1. The zero-order valence-electron chi connectivity index (χ0n) is 16.8. The Kier molecular flexibility index (Phi) is 14.8. The number of rotatable bonds is 10. The molecule has 0 radical (unpaired) electrons. The highest BCUT2D eigenvalue weighted by Gasteiger charge is 2.22. The fourth-order valence-corrected chi connectivity index (χ4v) is 2.51. The Labute approximate surface area is 170 Å². The van der Waals surface area contributed by atoms with Gasteiger partial charge in [0.05, 0.1) is 6.61 Å². The fourth-order valence-electron chi connectivity index (χ4n) is 2.51. The number of likely N-dealkylation sites (N-methyl/N-ethyl adjacent to an activating group) is 2.